The van der Waals surface area contributed by atoms with Crippen molar-refractivity contribution in [3.8, 4) is 0 Å². The summed E-state index contributed by atoms with van der Waals surface area (Å²) in [6.07, 6.45) is 2.71. The minimum atomic E-state index is -0.0852. The second-order valence-electron chi connectivity index (χ2n) is 7.69. The van der Waals surface area contributed by atoms with Gasteiger partial charge in [-0.1, -0.05) is 18.2 Å². The average molecular weight is 378 g/mol. The topological polar surface area (TPSA) is 65.5 Å². The molecule has 28 heavy (non-hydrogen) atoms. The van der Waals surface area contributed by atoms with Crippen LogP contribution in [0.25, 0.3) is 0 Å². The number of pyridine rings is 1. The molecule has 2 aromatic rings. The van der Waals surface area contributed by atoms with Crippen LogP contribution in [0.1, 0.15) is 39.4 Å². The van der Waals surface area contributed by atoms with Gasteiger partial charge in [0.2, 0.25) is 5.91 Å². The Morgan fingerprint density at radius 3 is 2.43 bits per heavy atom. The number of anilines is 1. The molecule has 0 bridgehead atoms. The van der Waals surface area contributed by atoms with Crippen molar-refractivity contribution >= 4 is 17.6 Å². The third kappa shape index (κ3) is 3.59. The quantitative estimate of drug-likeness (QED) is 0.890. The van der Waals surface area contributed by atoms with Gasteiger partial charge in [0.25, 0.3) is 5.91 Å². The van der Waals surface area contributed by atoms with Gasteiger partial charge >= 0.3 is 0 Å². The summed E-state index contributed by atoms with van der Waals surface area (Å²) < 4.78 is 0. The van der Waals surface area contributed by atoms with Gasteiger partial charge in [-0.05, 0) is 49.1 Å². The Hall–Kier alpha value is -2.89. The second-order valence-corrected chi connectivity index (χ2v) is 7.69. The third-order valence-electron chi connectivity index (χ3n) is 5.66. The van der Waals surface area contributed by atoms with Crippen molar-refractivity contribution in [3.63, 3.8) is 0 Å². The molecule has 1 unspecified atom stereocenters. The number of hydrogen-bond donors (Lipinski definition) is 1. The Morgan fingerprint density at radius 1 is 1.11 bits per heavy atom. The molecule has 2 aliphatic heterocycles. The maximum absolute atomic E-state index is 12.9. The molecule has 1 N–H and O–H groups in total. The lowest BCUT2D eigenvalue weighted by molar-refractivity contribution is -0.120. The van der Waals surface area contributed by atoms with E-state index in [1.54, 1.807) is 0 Å². The van der Waals surface area contributed by atoms with Crippen molar-refractivity contribution in [1.82, 2.24) is 15.2 Å². The van der Waals surface area contributed by atoms with Crippen LogP contribution in [0.15, 0.2) is 36.5 Å². The van der Waals surface area contributed by atoms with Crippen LogP contribution >= 0.6 is 0 Å². The third-order valence-corrected chi connectivity index (χ3v) is 5.66. The highest BCUT2D eigenvalue weighted by Crippen LogP contribution is 2.24. The molecule has 2 amide bonds. The fourth-order valence-corrected chi connectivity index (χ4v) is 4.11. The van der Waals surface area contributed by atoms with Crippen LogP contribution in [0.2, 0.25) is 0 Å². The first kappa shape index (κ1) is 18.5. The molecule has 1 atom stereocenters. The molecule has 0 saturated carbocycles. The molecule has 6 heteroatoms. The monoisotopic (exact) mass is 378 g/mol. The van der Waals surface area contributed by atoms with Crippen LogP contribution in [0.4, 0.5) is 5.82 Å². The van der Waals surface area contributed by atoms with Crippen molar-refractivity contribution < 1.29 is 9.59 Å². The number of benzene rings is 1. The Balaban J connectivity index is 1.39. The van der Waals surface area contributed by atoms with E-state index in [-0.39, 0.29) is 17.7 Å². The molecule has 2 saturated heterocycles. The molecule has 0 spiro atoms. The molecular weight excluding hydrogens is 352 g/mol. The molecule has 0 radical (unpaired) electrons. The van der Waals surface area contributed by atoms with Crippen molar-refractivity contribution in [2.75, 3.05) is 37.6 Å². The van der Waals surface area contributed by atoms with Gasteiger partial charge in [-0.3, -0.25) is 9.59 Å². The van der Waals surface area contributed by atoms with Crippen molar-refractivity contribution in [2.45, 2.75) is 26.2 Å². The number of piperazine rings is 1. The summed E-state index contributed by atoms with van der Waals surface area (Å²) in [7, 11) is 0. The van der Waals surface area contributed by atoms with Crippen LogP contribution in [0, 0.1) is 13.8 Å². The van der Waals surface area contributed by atoms with E-state index >= 15 is 0 Å². The standard InChI is InChI=1S/C22H26N4O2/c1-15-13-16(2)20(24-14-15)25-9-11-26(12-10-25)22(28)18-5-3-17(4-6-18)19-7-8-23-21(19)27/h3-6,13-14,19H,7-12H2,1-2H3,(H,23,27). The number of carbonyl (C=O) groups excluding carboxylic acids is 2. The van der Waals surface area contributed by atoms with E-state index < -0.39 is 0 Å². The zero-order valence-corrected chi connectivity index (χ0v) is 16.4. The lowest BCUT2D eigenvalue weighted by Crippen LogP contribution is -2.49. The number of hydrogen-bond acceptors (Lipinski definition) is 4. The molecule has 2 aliphatic rings. The summed E-state index contributed by atoms with van der Waals surface area (Å²) in [5.74, 6) is 1.06. The fraction of sp³-hybridized carbons (Fsp3) is 0.409. The van der Waals surface area contributed by atoms with E-state index in [4.69, 9.17) is 0 Å². The number of aryl methyl sites for hydroxylation is 2. The molecule has 1 aromatic heterocycles. The van der Waals surface area contributed by atoms with E-state index in [1.165, 1.54) is 5.56 Å². The summed E-state index contributed by atoms with van der Waals surface area (Å²) in [6, 6.07) is 9.67. The zero-order chi connectivity index (χ0) is 19.7. The minimum absolute atomic E-state index is 0.0515. The first-order valence-electron chi connectivity index (χ1n) is 9.88. The molecule has 146 valence electrons. The largest absolute Gasteiger partial charge is 0.356 e. The maximum Gasteiger partial charge on any atom is 0.253 e. The van der Waals surface area contributed by atoms with Gasteiger partial charge in [-0.15, -0.1) is 0 Å². The van der Waals surface area contributed by atoms with Crippen LogP contribution in [-0.2, 0) is 4.79 Å². The van der Waals surface area contributed by atoms with E-state index in [1.807, 2.05) is 42.3 Å². The lowest BCUT2D eigenvalue weighted by Gasteiger charge is -2.36. The Bertz CT molecular complexity index is 886. The molecular formula is C22H26N4O2. The normalized spacial score (nSPS) is 19.6. The number of aromatic nitrogens is 1. The highest BCUT2D eigenvalue weighted by atomic mass is 16.2. The van der Waals surface area contributed by atoms with Gasteiger partial charge in [0.1, 0.15) is 5.82 Å². The summed E-state index contributed by atoms with van der Waals surface area (Å²) >= 11 is 0. The van der Waals surface area contributed by atoms with Crippen LogP contribution in [0.5, 0.6) is 0 Å². The van der Waals surface area contributed by atoms with Gasteiger partial charge in [-0.25, -0.2) is 4.98 Å². The molecule has 2 fully saturated rings. The number of rotatable bonds is 3. The number of amides is 2. The van der Waals surface area contributed by atoms with Gasteiger partial charge in [0.15, 0.2) is 0 Å². The number of nitrogens with zero attached hydrogens (tertiary/aromatic N) is 3. The number of nitrogens with one attached hydrogen (secondary N) is 1. The molecule has 1 aromatic carbocycles. The van der Waals surface area contributed by atoms with Crippen LogP contribution < -0.4 is 10.2 Å². The smallest absolute Gasteiger partial charge is 0.253 e. The zero-order valence-electron chi connectivity index (χ0n) is 16.4. The Morgan fingerprint density at radius 2 is 1.82 bits per heavy atom. The molecule has 6 nitrogen and oxygen atoms in total. The van der Waals surface area contributed by atoms with E-state index in [0.717, 1.165) is 43.0 Å². The van der Waals surface area contributed by atoms with E-state index in [2.05, 4.69) is 28.2 Å². The minimum Gasteiger partial charge on any atom is -0.356 e. The SMILES string of the molecule is Cc1cnc(N2CCN(C(=O)c3ccc(C4CCNC4=O)cc3)CC2)c(C)c1. The lowest BCUT2D eigenvalue weighted by atomic mass is 9.96. The van der Waals surface area contributed by atoms with Crippen molar-refractivity contribution in [3.05, 3.63) is 58.8 Å². The summed E-state index contributed by atoms with van der Waals surface area (Å²) in [5.41, 5.74) is 4.00. The van der Waals surface area contributed by atoms with Gasteiger partial charge in [-0.2, -0.15) is 0 Å². The number of carbonyl (C=O) groups is 2. The van der Waals surface area contributed by atoms with Crippen molar-refractivity contribution in [1.29, 1.82) is 0 Å². The van der Waals surface area contributed by atoms with Crippen LogP contribution in [0.3, 0.4) is 0 Å². The highest BCUT2D eigenvalue weighted by Gasteiger charge is 2.27. The molecule has 4 rings (SSSR count). The van der Waals surface area contributed by atoms with Gasteiger partial charge in [0, 0.05) is 44.5 Å². The highest BCUT2D eigenvalue weighted by molar-refractivity contribution is 5.94. The van der Waals surface area contributed by atoms with E-state index in [9.17, 15) is 9.59 Å². The first-order valence-corrected chi connectivity index (χ1v) is 9.88. The molecule has 0 aliphatic carbocycles. The average Bonchev–Trinajstić information content (AvgIpc) is 3.14. The summed E-state index contributed by atoms with van der Waals surface area (Å²) in [6.45, 7) is 7.78. The maximum atomic E-state index is 12.9. The van der Waals surface area contributed by atoms with E-state index in [0.29, 0.717) is 18.7 Å². The van der Waals surface area contributed by atoms with Crippen molar-refractivity contribution in [2.24, 2.45) is 0 Å². The predicted octanol–water partition coefficient (Wildman–Crippen LogP) is 2.26. The summed E-state index contributed by atoms with van der Waals surface area (Å²) in [5, 5.41) is 2.86. The van der Waals surface area contributed by atoms with Gasteiger partial charge in [0.05, 0.1) is 5.92 Å². The first-order chi connectivity index (χ1) is 13.5. The summed E-state index contributed by atoms with van der Waals surface area (Å²) in [4.78, 5) is 33.4. The molecule has 3 heterocycles. The second kappa shape index (κ2) is 7.62. The Labute approximate surface area is 165 Å². The Kier molecular flexibility index (Phi) is 5.03. The predicted molar refractivity (Wildman–Crippen MR) is 109 cm³/mol. The fourth-order valence-electron chi connectivity index (χ4n) is 4.11. The van der Waals surface area contributed by atoms with Gasteiger partial charge < -0.3 is 15.1 Å². The van der Waals surface area contributed by atoms with Crippen LogP contribution in [-0.4, -0.2) is 54.4 Å².